The van der Waals surface area contributed by atoms with E-state index in [4.69, 9.17) is 0 Å². The van der Waals surface area contributed by atoms with Gasteiger partial charge >= 0.3 is 0 Å². The molecule has 0 saturated carbocycles. The van der Waals surface area contributed by atoms with Gasteiger partial charge in [-0.3, -0.25) is 5.43 Å². The molecule has 0 bridgehead atoms. The van der Waals surface area contributed by atoms with Crippen molar-refractivity contribution in [3.63, 3.8) is 0 Å². The van der Waals surface area contributed by atoms with Gasteiger partial charge in [0.2, 0.25) is 0 Å². The van der Waals surface area contributed by atoms with Gasteiger partial charge in [-0.15, -0.1) is 0 Å². The Balaban J connectivity index is 2.11. The number of rotatable bonds is 3. The molecule has 6 heteroatoms. The summed E-state index contributed by atoms with van der Waals surface area (Å²) in [5.41, 5.74) is 2.28. The van der Waals surface area contributed by atoms with Crippen molar-refractivity contribution < 1.29 is 17.6 Å². The van der Waals surface area contributed by atoms with Crippen LogP contribution >= 0.6 is 0 Å². The van der Waals surface area contributed by atoms with E-state index in [1.807, 2.05) is 0 Å². The largest absolute Gasteiger partial charge is 0.276 e. The molecule has 2 aromatic carbocycles. The van der Waals surface area contributed by atoms with Gasteiger partial charge in [0.1, 0.15) is 17.5 Å². The number of halogens is 4. The van der Waals surface area contributed by atoms with Gasteiger partial charge in [-0.2, -0.15) is 5.10 Å². The Bertz CT molecular complexity index is 626. The molecule has 0 aliphatic heterocycles. The van der Waals surface area contributed by atoms with Crippen molar-refractivity contribution in [2.45, 2.75) is 0 Å². The lowest BCUT2D eigenvalue weighted by molar-refractivity contribution is 0.582. The van der Waals surface area contributed by atoms with Gasteiger partial charge in [-0.25, -0.2) is 17.6 Å². The average molecular weight is 268 g/mol. The minimum atomic E-state index is -0.822. The molecular formula is C13H8F4N2. The molecule has 0 saturated heterocycles. The van der Waals surface area contributed by atoms with E-state index in [-0.39, 0.29) is 11.3 Å². The van der Waals surface area contributed by atoms with Gasteiger partial charge in [-0.1, -0.05) is 0 Å². The molecule has 0 unspecified atom stereocenters. The fourth-order valence-electron chi connectivity index (χ4n) is 1.36. The number of hydrogen-bond acceptors (Lipinski definition) is 2. The van der Waals surface area contributed by atoms with Crippen molar-refractivity contribution in [1.82, 2.24) is 0 Å². The molecule has 2 aromatic rings. The fraction of sp³-hybridized carbons (Fsp3) is 0. The van der Waals surface area contributed by atoms with Gasteiger partial charge in [0.05, 0.1) is 11.9 Å². The topological polar surface area (TPSA) is 24.4 Å². The van der Waals surface area contributed by atoms with Gasteiger partial charge in [-0.05, 0) is 24.3 Å². The first-order chi connectivity index (χ1) is 9.06. The van der Waals surface area contributed by atoms with Crippen molar-refractivity contribution in [1.29, 1.82) is 0 Å². The van der Waals surface area contributed by atoms with Crippen molar-refractivity contribution in [3.8, 4) is 0 Å². The standard InChI is InChI=1S/C13H8F4N2/c14-9-2-1-8(11(16)5-9)7-18-19-13-4-3-10(15)6-12(13)17/h1-7,19H/b18-7-. The molecule has 2 rings (SSSR count). The zero-order valence-electron chi connectivity index (χ0n) is 9.50. The maximum atomic E-state index is 13.2. The summed E-state index contributed by atoms with van der Waals surface area (Å²) >= 11 is 0. The Morgan fingerprint density at radius 2 is 1.47 bits per heavy atom. The number of hydrogen-bond donors (Lipinski definition) is 1. The Labute approximate surface area is 106 Å². The van der Waals surface area contributed by atoms with Crippen LogP contribution in [0.3, 0.4) is 0 Å². The summed E-state index contributed by atoms with van der Waals surface area (Å²) in [5, 5.41) is 3.59. The second kappa shape index (κ2) is 5.51. The summed E-state index contributed by atoms with van der Waals surface area (Å²) in [4.78, 5) is 0. The molecule has 0 fully saturated rings. The van der Waals surface area contributed by atoms with Crippen molar-refractivity contribution in [2.75, 3.05) is 5.43 Å². The quantitative estimate of drug-likeness (QED) is 0.512. The third-order valence-electron chi connectivity index (χ3n) is 2.28. The number of nitrogens with zero attached hydrogens (tertiary/aromatic N) is 1. The molecule has 0 aliphatic rings. The van der Waals surface area contributed by atoms with Crippen LogP contribution < -0.4 is 5.43 Å². The van der Waals surface area contributed by atoms with Crippen LogP contribution in [-0.2, 0) is 0 Å². The lowest BCUT2D eigenvalue weighted by Crippen LogP contribution is -1.96. The highest BCUT2D eigenvalue weighted by Crippen LogP contribution is 2.15. The summed E-state index contributed by atoms with van der Waals surface area (Å²) in [6.07, 6.45) is 1.07. The molecule has 0 spiro atoms. The maximum Gasteiger partial charge on any atom is 0.151 e. The molecule has 1 N–H and O–H groups in total. The Hall–Kier alpha value is -2.37. The first kappa shape index (κ1) is 13.1. The molecule has 19 heavy (non-hydrogen) atoms. The predicted octanol–water partition coefficient (Wildman–Crippen LogP) is 3.69. The van der Waals surface area contributed by atoms with E-state index in [1.165, 1.54) is 6.07 Å². The van der Waals surface area contributed by atoms with Crippen LogP contribution in [0, 0.1) is 23.3 Å². The first-order valence-corrected chi connectivity index (χ1v) is 5.25. The second-order valence-electron chi connectivity index (χ2n) is 3.66. The van der Waals surface area contributed by atoms with E-state index in [9.17, 15) is 17.6 Å². The maximum absolute atomic E-state index is 13.2. The van der Waals surface area contributed by atoms with Crippen molar-refractivity contribution in [3.05, 3.63) is 65.2 Å². The van der Waals surface area contributed by atoms with Crippen LogP contribution in [0.4, 0.5) is 23.2 Å². The summed E-state index contributed by atoms with van der Waals surface area (Å²) in [6, 6.07) is 5.87. The molecule has 0 aromatic heterocycles. The third kappa shape index (κ3) is 3.31. The minimum absolute atomic E-state index is 0.0384. The number of benzene rings is 2. The van der Waals surface area contributed by atoms with Crippen LogP contribution in [0.2, 0.25) is 0 Å². The highest BCUT2D eigenvalue weighted by atomic mass is 19.1. The molecule has 0 atom stereocenters. The van der Waals surface area contributed by atoms with E-state index < -0.39 is 23.3 Å². The summed E-state index contributed by atoms with van der Waals surface area (Å²) in [6.45, 7) is 0. The van der Waals surface area contributed by atoms with Crippen LogP contribution in [0.1, 0.15) is 5.56 Å². The minimum Gasteiger partial charge on any atom is -0.276 e. The van der Waals surface area contributed by atoms with Gasteiger partial charge < -0.3 is 0 Å². The number of anilines is 1. The lowest BCUT2D eigenvalue weighted by Gasteiger charge is -2.02. The smallest absolute Gasteiger partial charge is 0.151 e. The van der Waals surface area contributed by atoms with E-state index in [0.29, 0.717) is 12.1 Å². The van der Waals surface area contributed by atoms with Gasteiger partial charge in [0.25, 0.3) is 0 Å². The summed E-state index contributed by atoms with van der Waals surface area (Å²) in [5.74, 6) is -3.02. The van der Waals surface area contributed by atoms with E-state index in [0.717, 1.165) is 24.4 Å². The van der Waals surface area contributed by atoms with Crippen LogP contribution in [-0.4, -0.2) is 6.21 Å². The van der Waals surface area contributed by atoms with Crippen LogP contribution in [0.25, 0.3) is 0 Å². The fourth-order valence-corrected chi connectivity index (χ4v) is 1.36. The summed E-state index contributed by atoms with van der Waals surface area (Å²) < 4.78 is 51.7. The van der Waals surface area contributed by atoms with Crippen molar-refractivity contribution in [2.24, 2.45) is 5.10 Å². The average Bonchev–Trinajstić information content (AvgIpc) is 2.34. The molecule has 0 heterocycles. The zero-order chi connectivity index (χ0) is 13.8. The predicted molar refractivity (Wildman–Crippen MR) is 63.9 cm³/mol. The Morgan fingerprint density at radius 3 is 2.11 bits per heavy atom. The molecular weight excluding hydrogens is 260 g/mol. The molecule has 98 valence electrons. The number of hydrazone groups is 1. The SMILES string of the molecule is Fc1ccc(/C=N\Nc2ccc(F)cc2F)c(F)c1. The normalized spacial score (nSPS) is 10.9. The van der Waals surface area contributed by atoms with Crippen LogP contribution in [0.15, 0.2) is 41.5 Å². The van der Waals surface area contributed by atoms with E-state index in [1.54, 1.807) is 0 Å². The Kier molecular flexibility index (Phi) is 3.79. The van der Waals surface area contributed by atoms with Gasteiger partial charge in [0.15, 0.2) is 5.82 Å². The monoisotopic (exact) mass is 268 g/mol. The van der Waals surface area contributed by atoms with Gasteiger partial charge in [0, 0.05) is 17.7 Å². The number of nitrogens with one attached hydrogen (secondary N) is 1. The molecule has 2 nitrogen and oxygen atoms in total. The second-order valence-corrected chi connectivity index (χ2v) is 3.66. The molecule has 0 radical (unpaired) electrons. The lowest BCUT2D eigenvalue weighted by atomic mass is 10.2. The molecule has 0 aliphatic carbocycles. The zero-order valence-corrected chi connectivity index (χ0v) is 9.50. The molecule has 0 amide bonds. The summed E-state index contributed by atoms with van der Waals surface area (Å²) in [7, 11) is 0. The van der Waals surface area contributed by atoms with E-state index in [2.05, 4.69) is 10.5 Å². The Morgan fingerprint density at radius 1 is 0.842 bits per heavy atom. The third-order valence-corrected chi connectivity index (χ3v) is 2.28. The van der Waals surface area contributed by atoms with E-state index >= 15 is 0 Å². The first-order valence-electron chi connectivity index (χ1n) is 5.25. The highest BCUT2D eigenvalue weighted by Gasteiger charge is 2.03. The van der Waals surface area contributed by atoms with Crippen LogP contribution in [0.5, 0.6) is 0 Å². The highest BCUT2D eigenvalue weighted by molar-refractivity contribution is 5.80. The van der Waals surface area contributed by atoms with Crippen molar-refractivity contribution >= 4 is 11.9 Å².